The molecule has 0 saturated carbocycles. The summed E-state index contributed by atoms with van der Waals surface area (Å²) >= 11 is 0. The Kier molecular flexibility index (Phi) is 6.35. The number of hydrogen-bond donors (Lipinski definition) is 2. The fraction of sp³-hybridized carbons (Fsp3) is 0.304. The van der Waals surface area contributed by atoms with E-state index >= 15 is 0 Å². The van der Waals surface area contributed by atoms with Crippen LogP contribution in [0.4, 0.5) is 19.0 Å². The number of aliphatic hydroxyl groups is 1. The van der Waals surface area contributed by atoms with Crippen LogP contribution in [0.2, 0.25) is 0 Å². The van der Waals surface area contributed by atoms with Gasteiger partial charge in [-0.1, -0.05) is 0 Å². The largest absolute Gasteiger partial charge is 0.435 e. The fourth-order valence-electron chi connectivity index (χ4n) is 3.45. The highest BCUT2D eigenvalue weighted by Crippen LogP contribution is 2.28. The first-order valence-corrected chi connectivity index (χ1v) is 10.8. The zero-order valence-corrected chi connectivity index (χ0v) is 19.5. The van der Waals surface area contributed by atoms with Crippen LogP contribution >= 0.6 is 0 Å². The van der Waals surface area contributed by atoms with E-state index in [0.717, 1.165) is 10.7 Å². The second-order valence-electron chi connectivity index (χ2n) is 8.76. The highest BCUT2D eigenvalue weighted by molar-refractivity contribution is 6.07. The van der Waals surface area contributed by atoms with Crippen molar-refractivity contribution < 1.29 is 27.9 Å². The lowest BCUT2D eigenvalue weighted by molar-refractivity contribution is -0.141. The van der Waals surface area contributed by atoms with Crippen LogP contribution in [0.25, 0.3) is 11.0 Å². The van der Waals surface area contributed by atoms with Gasteiger partial charge >= 0.3 is 6.18 Å². The summed E-state index contributed by atoms with van der Waals surface area (Å²) in [5.41, 5.74) is -0.879. The van der Waals surface area contributed by atoms with Gasteiger partial charge in [-0.2, -0.15) is 18.3 Å². The summed E-state index contributed by atoms with van der Waals surface area (Å²) in [4.78, 5) is 37.7. The van der Waals surface area contributed by atoms with Crippen molar-refractivity contribution in [3.8, 4) is 0 Å². The molecule has 0 aliphatic carbocycles. The molecule has 188 valence electrons. The van der Waals surface area contributed by atoms with Crippen molar-refractivity contribution in [3.05, 3.63) is 65.6 Å². The monoisotopic (exact) mass is 501 g/mol. The Morgan fingerprint density at radius 1 is 1.11 bits per heavy atom. The van der Waals surface area contributed by atoms with E-state index in [-0.39, 0.29) is 29.5 Å². The number of halogens is 3. The zero-order valence-electron chi connectivity index (χ0n) is 19.5. The summed E-state index contributed by atoms with van der Waals surface area (Å²) in [6.07, 6.45) is -0.0908. The molecule has 0 aliphatic heterocycles. The van der Waals surface area contributed by atoms with Crippen LogP contribution in [0.15, 0.2) is 42.9 Å². The van der Waals surface area contributed by atoms with E-state index in [1.54, 1.807) is 16.8 Å². The van der Waals surface area contributed by atoms with Gasteiger partial charge in [-0.3, -0.25) is 14.3 Å². The number of hydrogen-bond acceptors (Lipinski definition) is 7. The molecule has 0 spiro atoms. The highest BCUT2D eigenvalue weighted by atomic mass is 19.4. The predicted octanol–water partition coefficient (Wildman–Crippen LogP) is 2.95. The summed E-state index contributed by atoms with van der Waals surface area (Å²) in [6, 6.07) is 5.45. The van der Waals surface area contributed by atoms with Gasteiger partial charge in [0.2, 0.25) is 17.5 Å². The van der Waals surface area contributed by atoms with Gasteiger partial charge in [0.1, 0.15) is 18.0 Å². The number of fused-ring (bicyclic) bond motifs is 1. The third-order valence-electron chi connectivity index (χ3n) is 5.53. The number of carbonyl (C=O) groups excluding carboxylic acids is 2. The summed E-state index contributed by atoms with van der Waals surface area (Å²) in [5, 5.41) is 16.3. The van der Waals surface area contributed by atoms with Crippen molar-refractivity contribution in [1.29, 1.82) is 0 Å². The maximum Gasteiger partial charge on any atom is 0.435 e. The summed E-state index contributed by atoms with van der Waals surface area (Å²) in [7, 11) is 0. The average molecular weight is 501 g/mol. The van der Waals surface area contributed by atoms with E-state index in [2.05, 4.69) is 25.4 Å². The molecule has 2 N–H and O–H groups in total. The zero-order chi connectivity index (χ0) is 26.3. The van der Waals surface area contributed by atoms with Crippen molar-refractivity contribution in [2.45, 2.75) is 39.0 Å². The minimum atomic E-state index is -4.61. The van der Waals surface area contributed by atoms with Gasteiger partial charge in [-0.15, -0.1) is 0 Å². The number of alkyl halides is 3. The summed E-state index contributed by atoms with van der Waals surface area (Å²) in [6.45, 7) is 4.49. The molecule has 1 amide bonds. The first-order valence-electron chi connectivity index (χ1n) is 10.8. The van der Waals surface area contributed by atoms with Crippen LogP contribution in [-0.2, 0) is 23.1 Å². The molecule has 4 aromatic heterocycles. The van der Waals surface area contributed by atoms with Crippen molar-refractivity contribution in [2.24, 2.45) is 0 Å². The molecular weight excluding hydrogens is 479 g/mol. The standard InChI is InChI=1S/C23H22F3N7O3/c1-13-8-16(23(24,25)26)31-33(13)11-18(35)29-17-5-4-14(9-27-17)19(36)20-28-10-15-6-7-32(21(15)30-20)22(2,3)12-34/h4-10,34H,11-12H2,1-3H3,(H,27,29,35). The van der Waals surface area contributed by atoms with E-state index in [9.17, 15) is 27.9 Å². The van der Waals surface area contributed by atoms with Crippen LogP contribution in [0, 0.1) is 6.92 Å². The molecule has 0 fully saturated rings. The van der Waals surface area contributed by atoms with E-state index in [0.29, 0.717) is 11.0 Å². The first kappa shape index (κ1) is 25.0. The number of aromatic nitrogens is 6. The van der Waals surface area contributed by atoms with Gasteiger partial charge in [0.25, 0.3) is 0 Å². The number of nitrogens with zero attached hydrogens (tertiary/aromatic N) is 6. The molecule has 4 aromatic rings. The summed E-state index contributed by atoms with van der Waals surface area (Å²) < 4.78 is 41.1. The van der Waals surface area contributed by atoms with Crippen LogP contribution < -0.4 is 5.32 Å². The molecule has 4 heterocycles. The topological polar surface area (TPSA) is 128 Å². The highest BCUT2D eigenvalue weighted by Gasteiger charge is 2.34. The number of ketones is 1. The molecule has 36 heavy (non-hydrogen) atoms. The Bertz CT molecular complexity index is 1440. The predicted molar refractivity (Wildman–Crippen MR) is 122 cm³/mol. The minimum Gasteiger partial charge on any atom is -0.394 e. The lowest BCUT2D eigenvalue weighted by atomic mass is 10.1. The second kappa shape index (κ2) is 9.15. The van der Waals surface area contributed by atoms with Crippen molar-refractivity contribution >= 4 is 28.5 Å². The van der Waals surface area contributed by atoms with E-state index < -0.39 is 35.6 Å². The van der Waals surface area contributed by atoms with Crippen molar-refractivity contribution in [1.82, 2.24) is 29.3 Å². The van der Waals surface area contributed by atoms with Crippen LogP contribution in [0.3, 0.4) is 0 Å². The number of aryl methyl sites for hydroxylation is 1. The number of pyridine rings is 1. The molecule has 0 bridgehead atoms. The smallest absolute Gasteiger partial charge is 0.394 e. The Hall–Kier alpha value is -4.13. The first-order chi connectivity index (χ1) is 16.9. The van der Waals surface area contributed by atoms with Crippen molar-refractivity contribution in [2.75, 3.05) is 11.9 Å². The Morgan fingerprint density at radius 2 is 1.86 bits per heavy atom. The van der Waals surface area contributed by atoms with Crippen molar-refractivity contribution in [3.63, 3.8) is 0 Å². The number of carbonyl (C=O) groups is 2. The molecule has 0 atom stereocenters. The van der Waals surface area contributed by atoms with E-state index in [1.165, 1.54) is 31.5 Å². The lowest BCUT2D eigenvalue weighted by Crippen LogP contribution is -2.30. The summed E-state index contributed by atoms with van der Waals surface area (Å²) in [5.74, 6) is -1.09. The Balaban J connectivity index is 1.47. The number of anilines is 1. The Labute approximate surface area is 202 Å². The maximum atomic E-state index is 12.9. The van der Waals surface area contributed by atoms with Gasteiger partial charge in [0.15, 0.2) is 5.69 Å². The quantitative estimate of drug-likeness (QED) is 0.373. The average Bonchev–Trinajstić information content (AvgIpc) is 3.42. The second-order valence-corrected chi connectivity index (χ2v) is 8.76. The normalized spacial score (nSPS) is 12.2. The van der Waals surface area contributed by atoms with Gasteiger partial charge in [0, 0.05) is 35.2 Å². The molecule has 0 aromatic carbocycles. The molecule has 10 nitrogen and oxygen atoms in total. The van der Waals surface area contributed by atoms with Gasteiger partial charge < -0.3 is 15.0 Å². The molecule has 0 radical (unpaired) electrons. The van der Waals surface area contributed by atoms with Crippen LogP contribution in [0.1, 0.15) is 41.4 Å². The van der Waals surface area contributed by atoms with Gasteiger partial charge in [-0.05, 0) is 45.0 Å². The number of amides is 1. The van der Waals surface area contributed by atoms with Gasteiger partial charge in [0.05, 0.1) is 12.1 Å². The molecule has 0 saturated heterocycles. The maximum absolute atomic E-state index is 12.9. The third-order valence-corrected chi connectivity index (χ3v) is 5.53. The molecule has 13 heteroatoms. The van der Waals surface area contributed by atoms with Gasteiger partial charge in [-0.25, -0.2) is 15.0 Å². The fourth-order valence-corrected chi connectivity index (χ4v) is 3.45. The number of aliphatic hydroxyl groups excluding tert-OH is 1. The Morgan fingerprint density at radius 3 is 2.47 bits per heavy atom. The minimum absolute atomic E-state index is 0.0654. The SMILES string of the molecule is Cc1cc(C(F)(F)F)nn1CC(=O)Nc1ccc(C(=O)c2ncc3ccn(C(C)(C)CO)c3n2)cn1. The van der Waals surface area contributed by atoms with Crippen LogP contribution in [-0.4, -0.2) is 52.7 Å². The molecule has 0 unspecified atom stereocenters. The number of rotatable bonds is 7. The molecule has 4 rings (SSSR count). The molecule has 0 aliphatic rings. The molecular formula is C23H22F3N7O3. The number of nitrogens with one attached hydrogen (secondary N) is 1. The van der Waals surface area contributed by atoms with E-state index in [1.807, 2.05) is 13.8 Å². The third kappa shape index (κ3) is 4.96. The lowest BCUT2D eigenvalue weighted by Gasteiger charge is -2.24. The van der Waals surface area contributed by atoms with E-state index in [4.69, 9.17) is 0 Å². The van der Waals surface area contributed by atoms with Crippen LogP contribution in [0.5, 0.6) is 0 Å².